The molecule has 0 fully saturated rings. The molecule has 150 valence electrons. The highest BCUT2D eigenvalue weighted by molar-refractivity contribution is 7.80. The van der Waals surface area contributed by atoms with Crippen LogP contribution in [0.2, 0.25) is 0 Å². The van der Waals surface area contributed by atoms with E-state index in [2.05, 4.69) is 10.6 Å². The number of rotatable bonds is 10. The van der Waals surface area contributed by atoms with Crippen molar-refractivity contribution in [2.24, 2.45) is 0 Å². The molecule has 0 aromatic heterocycles. The predicted molar refractivity (Wildman–Crippen MR) is 111 cm³/mol. The van der Waals surface area contributed by atoms with E-state index in [1.54, 1.807) is 38.5 Å². The summed E-state index contributed by atoms with van der Waals surface area (Å²) in [6.07, 6.45) is 0. The van der Waals surface area contributed by atoms with Crippen molar-refractivity contribution < 1.29 is 23.7 Å². The fourth-order valence-corrected chi connectivity index (χ4v) is 2.37. The molecule has 0 spiro atoms. The highest BCUT2D eigenvalue weighted by Crippen LogP contribution is 2.16. The third-order valence-corrected chi connectivity index (χ3v) is 3.77. The summed E-state index contributed by atoms with van der Waals surface area (Å²) in [7, 11) is 3.23. The van der Waals surface area contributed by atoms with Gasteiger partial charge in [-0.15, -0.1) is 0 Å². The Labute approximate surface area is 169 Å². The summed E-state index contributed by atoms with van der Waals surface area (Å²) in [5.41, 5.74) is 1.22. The average molecular weight is 404 g/mol. The number of hydrogen-bond acceptors (Lipinski definition) is 6. The van der Waals surface area contributed by atoms with Gasteiger partial charge in [0.25, 0.3) is 5.91 Å². The van der Waals surface area contributed by atoms with Crippen molar-refractivity contribution >= 4 is 28.9 Å². The zero-order chi connectivity index (χ0) is 20.2. The van der Waals surface area contributed by atoms with Crippen LogP contribution in [-0.2, 0) is 9.47 Å². The maximum atomic E-state index is 12.3. The minimum Gasteiger partial charge on any atom is -0.491 e. The minimum atomic E-state index is -0.305. The highest BCUT2D eigenvalue weighted by Gasteiger charge is 2.08. The van der Waals surface area contributed by atoms with Crippen molar-refractivity contribution in [2.75, 3.05) is 46.0 Å². The van der Waals surface area contributed by atoms with E-state index in [9.17, 15) is 4.79 Å². The number of anilines is 1. The van der Waals surface area contributed by atoms with Crippen molar-refractivity contribution in [3.05, 3.63) is 54.1 Å². The molecule has 2 aromatic carbocycles. The maximum absolute atomic E-state index is 12.3. The second kappa shape index (κ2) is 11.9. The summed E-state index contributed by atoms with van der Waals surface area (Å²) >= 11 is 5.20. The lowest BCUT2D eigenvalue weighted by atomic mass is 10.2. The number of ether oxygens (including phenoxy) is 4. The Morgan fingerprint density at radius 3 is 1.82 bits per heavy atom. The Hall–Kier alpha value is -2.68. The number of amides is 1. The molecule has 2 N–H and O–H groups in total. The molecule has 0 unspecified atom stereocenters. The van der Waals surface area contributed by atoms with Crippen molar-refractivity contribution in [3.63, 3.8) is 0 Å². The summed E-state index contributed by atoms with van der Waals surface area (Å²) in [6, 6.07) is 14.0. The molecule has 0 aliphatic rings. The van der Waals surface area contributed by atoms with Gasteiger partial charge in [0.15, 0.2) is 5.11 Å². The lowest BCUT2D eigenvalue weighted by Gasteiger charge is -2.11. The molecule has 0 aliphatic carbocycles. The van der Waals surface area contributed by atoms with E-state index >= 15 is 0 Å². The summed E-state index contributed by atoms with van der Waals surface area (Å²) < 4.78 is 20.8. The maximum Gasteiger partial charge on any atom is 0.257 e. The van der Waals surface area contributed by atoms with Crippen molar-refractivity contribution in [2.45, 2.75) is 0 Å². The number of benzene rings is 2. The van der Waals surface area contributed by atoms with Gasteiger partial charge in [-0.25, -0.2) is 0 Å². The van der Waals surface area contributed by atoms with Crippen molar-refractivity contribution in [1.29, 1.82) is 0 Å². The smallest absolute Gasteiger partial charge is 0.257 e. The van der Waals surface area contributed by atoms with Crippen LogP contribution in [0.5, 0.6) is 11.5 Å². The Bertz CT molecular complexity index is 750. The van der Waals surface area contributed by atoms with E-state index < -0.39 is 0 Å². The molecular weight excluding hydrogens is 380 g/mol. The van der Waals surface area contributed by atoms with Crippen LogP contribution in [0.15, 0.2) is 48.5 Å². The minimum absolute atomic E-state index is 0.207. The first-order chi connectivity index (χ1) is 13.6. The number of thiocarbonyl (C=S) groups is 1. The second-order valence-electron chi connectivity index (χ2n) is 5.64. The fourth-order valence-electron chi connectivity index (χ4n) is 2.16. The van der Waals surface area contributed by atoms with Crippen LogP contribution in [0.3, 0.4) is 0 Å². The first-order valence-electron chi connectivity index (χ1n) is 8.68. The monoisotopic (exact) mass is 404 g/mol. The highest BCUT2D eigenvalue weighted by atomic mass is 32.1. The Morgan fingerprint density at radius 2 is 1.32 bits per heavy atom. The van der Waals surface area contributed by atoms with Gasteiger partial charge in [0.05, 0.1) is 13.2 Å². The van der Waals surface area contributed by atoms with Gasteiger partial charge in [-0.05, 0) is 60.7 Å². The number of nitrogens with one attached hydrogen (secondary N) is 2. The molecule has 1 amide bonds. The Morgan fingerprint density at radius 1 is 0.821 bits per heavy atom. The van der Waals surface area contributed by atoms with Gasteiger partial charge in [0.2, 0.25) is 0 Å². The quantitative estimate of drug-likeness (QED) is 0.466. The van der Waals surface area contributed by atoms with Crippen LogP contribution < -0.4 is 20.1 Å². The van der Waals surface area contributed by atoms with Crippen LogP contribution in [0.25, 0.3) is 0 Å². The zero-order valence-electron chi connectivity index (χ0n) is 15.9. The average Bonchev–Trinajstić information content (AvgIpc) is 2.70. The van der Waals surface area contributed by atoms with Gasteiger partial charge in [-0.1, -0.05) is 0 Å². The van der Waals surface area contributed by atoms with Gasteiger partial charge in [-0.3, -0.25) is 10.1 Å². The summed E-state index contributed by atoms with van der Waals surface area (Å²) in [5, 5.41) is 5.82. The Kier molecular flexibility index (Phi) is 9.20. The van der Waals surface area contributed by atoms with E-state index in [-0.39, 0.29) is 11.0 Å². The molecular formula is C20H24N2O5S. The van der Waals surface area contributed by atoms with Crippen LogP contribution in [0.1, 0.15) is 10.4 Å². The lowest BCUT2D eigenvalue weighted by molar-refractivity contribution is 0.0977. The molecule has 7 nitrogen and oxygen atoms in total. The molecule has 0 radical (unpaired) electrons. The lowest BCUT2D eigenvalue weighted by Crippen LogP contribution is -2.34. The van der Waals surface area contributed by atoms with Crippen LogP contribution >= 0.6 is 12.2 Å². The summed E-state index contributed by atoms with van der Waals surface area (Å²) in [6.45, 7) is 1.96. The molecule has 2 aromatic rings. The van der Waals surface area contributed by atoms with E-state index in [0.717, 1.165) is 11.4 Å². The molecule has 0 heterocycles. The van der Waals surface area contributed by atoms with Gasteiger partial charge in [-0.2, -0.15) is 0 Å². The van der Waals surface area contributed by atoms with Crippen LogP contribution in [-0.4, -0.2) is 51.7 Å². The van der Waals surface area contributed by atoms with Gasteiger partial charge < -0.3 is 24.3 Å². The predicted octanol–water partition coefficient (Wildman–Crippen LogP) is 2.86. The topological polar surface area (TPSA) is 78.1 Å². The van der Waals surface area contributed by atoms with Gasteiger partial charge in [0, 0.05) is 25.5 Å². The van der Waals surface area contributed by atoms with E-state index in [0.29, 0.717) is 37.7 Å². The van der Waals surface area contributed by atoms with Crippen LogP contribution in [0.4, 0.5) is 5.69 Å². The SMILES string of the molecule is COCCOc1ccc(NC(=S)NC(=O)c2ccc(OCCOC)cc2)cc1. The second-order valence-corrected chi connectivity index (χ2v) is 6.05. The molecule has 0 atom stereocenters. The largest absolute Gasteiger partial charge is 0.491 e. The number of hydrogen-bond donors (Lipinski definition) is 2. The molecule has 28 heavy (non-hydrogen) atoms. The number of carbonyl (C=O) groups excluding carboxylic acids is 1. The summed E-state index contributed by atoms with van der Waals surface area (Å²) in [4.78, 5) is 12.3. The number of methoxy groups -OCH3 is 2. The molecule has 0 saturated carbocycles. The molecule has 0 aliphatic heterocycles. The van der Waals surface area contributed by atoms with Crippen molar-refractivity contribution in [3.8, 4) is 11.5 Å². The number of carbonyl (C=O) groups is 1. The zero-order valence-corrected chi connectivity index (χ0v) is 16.7. The Balaban J connectivity index is 1.81. The van der Waals surface area contributed by atoms with Gasteiger partial charge >= 0.3 is 0 Å². The third kappa shape index (κ3) is 7.51. The third-order valence-electron chi connectivity index (χ3n) is 3.57. The van der Waals surface area contributed by atoms with E-state index in [1.807, 2.05) is 24.3 Å². The van der Waals surface area contributed by atoms with Crippen molar-refractivity contribution in [1.82, 2.24) is 5.32 Å². The van der Waals surface area contributed by atoms with Gasteiger partial charge in [0.1, 0.15) is 24.7 Å². The fraction of sp³-hybridized carbons (Fsp3) is 0.300. The van der Waals surface area contributed by atoms with E-state index in [1.165, 1.54) is 0 Å². The molecule has 0 saturated heterocycles. The first kappa shape index (κ1) is 21.6. The normalized spacial score (nSPS) is 10.2. The molecule has 0 bridgehead atoms. The summed E-state index contributed by atoms with van der Waals surface area (Å²) in [5.74, 6) is 1.09. The van der Waals surface area contributed by atoms with E-state index in [4.69, 9.17) is 31.2 Å². The van der Waals surface area contributed by atoms with Crippen LogP contribution in [0, 0.1) is 0 Å². The first-order valence-corrected chi connectivity index (χ1v) is 9.09. The molecule has 8 heteroatoms. The molecule has 2 rings (SSSR count). The standard InChI is InChI=1S/C20H24N2O5S/c1-24-11-13-26-17-7-3-15(4-8-17)19(23)22-20(28)21-16-5-9-18(10-6-16)27-14-12-25-2/h3-10H,11-14H2,1-2H3,(H2,21,22,23,28).